The van der Waals surface area contributed by atoms with Crippen LogP contribution >= 0.6 is 11.8 Å². The molecule has 0 fully saturated rings. The van der Waals surface area contributed by atoms with Crippen molar-refractivity contribution >= 4 is 17.7 Å². The van der Waals surface area contributed by atoms with Crippen LogP contribution in [0.15, 0.2) is 0 Å². The average molecular weight is 173 g/mol. The van der Waals surface area contributed by atoms with E-state index in [1.165, 1.54) is 11.8 Å². The van der Waals surface area contributed by atoms with E-state index in [4.69, 9.17) is 10.4 Å². The summed E-state index contributed by atoms with van der Waals surface area (Å²) < 4.78 is 0. The normalized spacial score (nSPS) is 12.0. The second-order valence-corrected chi connectivity index (χ2v) is 3.56. The second kappa shape index (κ2) is 6.05. The summed E-state index contributed by atoms with van der Waals surface area (Å²) >= 11 is 1.37. The molecule has 0 aliphatic rings. The van der Waals surface area contributed by atoms with Crippen LogP contribution in [0.3, 0.4) is 0 Å². The van der Waals surface area contributed by atoms with Crippen molar-refractivity contribution in [2.24, 2.45) is 0 Å². The van der Waals surface area contributed by atoms with Crippen LogP contribution in [0.2, 0.25) is 0 Å². The lowest BCUT2D eigenvalue weighted by atomic mass is 10.4. The zero-order chi connectivity index (χ0) is 8.69. The summed E-state index contributed by atoms with van der Waals surface area (Å²) in [7, 11) is 0. The number of rotatable bonds is 5. The summed E-state index contributed by atoms with van der Waals surface area (Å²) in [6, 6.07) is 2.01. The van der Waals surface area contributed by atoms with Gasteiger partial charge in [-0.25, -0.2) is 0 Å². The van der Waals surface area contributed by atoms with E-state index in [0.717, 1.165) is 12.2 Å². The van der Waals surface area contributed by atoms with Crippen molar-refractivity contribution in [1.29, 1.82) is 5.26 Å². The van der Waals surface area contributed by atoms with Crippen molar-refractivity contribution in [1.82, 2.24) is 0 Å². The van der Waals surface area contributed by atoms with Crippen molar-refractivity contribution in [2.45, 2.75) is 25.0 Å². The molecule has 1 unspecified atom stereocenters. The fourth-order valence-corrected chi connectivity index (χ4v) is 1.29. The van der Waals surface area contributed by atoms with Gasteiger partial charge in [-0.3, -0.25) is 4.79 Å². The lowest BCUT2D eigenvalue weighted by Crippen LogP contribution is -2.11. The summed E-state index contributed by atoms with van der Waals surface area (Å²) in [5.41, 5.74) is 0. The summed E-state index contributed by atoms with van der Waals surface area (Å²) in [6.45, 7) is 1.65. The Hall–Kier alpha value is -0.690. The first-order valence-electron chi connectivity index (χ1n) is 3.40. The van der Waals surface area contributed by atoms with Gasteiger partial charge in [0.15, 0.2) is 0 Å². The quantitative estimate of drug-likeness (QED) is 0.640. The van der Waals surface area contributed by atoms with Crippen molar-refractivity contribution in [3.05, 3.63) is 0 Å². The Bertz CT molecular complexity index is 164. The molecular weight excluding hydrogens is 162 g/mol. The number of hydrogen-bond acceptors (Lipinski definition) is 3. The molecule has 62 valence electrons. The van der Waals surface area contributed by atoms with Gasteiger partial charge in [0.05, 0.1) is 11.3 Å². The van der Waals surface area contributed by atoms with Gasteiger partial charge in [-0.1, -0.05) is 0 Å². The third-order valence-electron chi connectivity index (χ3n) is 1.15. The second-order valence-electron chi connectivity index (χ2n) is 2.11. The van der Waals surface area contributed by atoms with Crippen LogP contribution in [0.5, 0.6) is 0 Å². The van der Waals surface area contributed by atoms with Crippen molar-refractivity contribution in [2.75, 3.05) is 5.75 Å². The van der Waals surface area contributed by atoms with Crippen molar-refractivity contribution in [3.8, 4) is 6.07 Å². The van der Waals surface area contributed by atoms with Crippen LogP contribution in [0.1, 0.15) is 19.8 Å². The maximum absolute atomic E-state index is 10.3. The van der Waals surface area contributed by atoms with E-state index < -0.39 is 5.97 Å². The third kappa shape index (κ3) is 5.74. The number of carboxylic acids is 1. The fourth-order valence-electron chi connectivity index (χ4n) is 0.483. The van der Waals surface area contributed by atoms with Crippen LogP contribution in [0, 0.1) is 11.3 Å². The van der Waals surface area contributed by atoms with E-state index in [1.54, 1.807) is 6.92 Å². The first kappa shape index (κ1) is 10.3. The fraction of sp³-hybridized carbons (Fsp3) is 0.714. The predicted molar refractivity (Wildman–Crippen MR) is 44.4 cm³/mol. The van der Waals surface area contributed by atoms with E-state index >= 15 is 0 Å². The Labute approximate surface area is 70.4 Å². The van der Waals surface area contributed by atoms with Crippen molar-refractivity contribution in [3.63, 3.8) is 0 Å². The molecule has 3 nitrogen and oxygen atoms in total. The molecule has 0 heterocycles. The first-order valence-corrected chi connectivity index (χ1v) is 4.44. The molecule has 0 aliphatic heterocycles. The minimum absolute atomic E-state index is 0.353. The minimum atomic E-state index is -0.785. The minimum Gasteiger partial charge on any atom is -0.480 e. The van der Waals surface area contributed by atoms with Gasteiger partial charge in [0.1, 0.15) is 0 Å². The van der Waals surface area contributed by atoms with Crippen LogP contribution < -0.4 is 0 Å². The van der Waals surface area contributed by atoms with Gasteiger partial charge in [-0.05, 0) is 19.1 Å². The van der Waals surface area contributed by atoms with E-state index in [-0.39, 0.29) is 5.25 Å². The van der Waals surface area contributed by atoms with Crippen LogP contribution in [0.25, 0.3) is 0 Å². The molecule has 11 heavy (non-hydrogen) atoms. The number of carboxylic acid groups (broad SMARTS) is 1. The molecule has 0 amide bonds. The molecule has 0 saturated heterocycles. The van der Waals surface area contributed by atoms with Gasteiger partial charge in [-0.15, -0.1) is 11.8 Å². The maximum atomic E-state index is 10.3. The third-order valence-corrected chi connectivity index (χ3v) is 2.37. The summed E-state index contributed by atoms with van der Waals surface area (Å²) in [5, 5.41) is 16.3. The van der Waals surface area contributed by atoms with Gasteiger partial charge in [0.25, 0.3) is 0 Å². The zero-order valence-corrected chi connectivity index (χ0v) is 7.23. The van der Waals surface area contributed by atoms with E-state index in [0.29, 0.717) is 6.42 Å². The number of unbranched alkanes of at least 4 members (excludes halogenated alkanes) is 1. The average Bonchev–Trinajstić information content (AvgIpc) is 1.97. The number of nitriles is 1. The highest BCUT2D eigenvalue weighted by Crippen LogP contribution is 2.12. The number of nitrogens with zero attached hydrogens (tertiary/aromatic N) is 1. The van der Waals surface area contributed by atoms with Gasteiger partial charge in [0.2, 0.25) is 0 Å². The molecule has 0 aromatic rings. The van der Waals surface area contributed by atoms with Crippen molar-refractivity contribution < 1.29 is 9.90 Å². The highest BCUT2D eigenvalue weighted by molar-refractivity contribution is 8.00. The summed E-state index contributed by atoms with van der Waals surface area (Å²) in [5.74, 6) is -0.0342. The Morgan fingerprint density at radius 1 is 1.82 bits per heavy atom. The largest absolute Gasteiger partial charge is 0.480 e. The predicted octanol–water partition coefficient (Wildman–Crippen LogP) is 1.50. The lowest BCUT2D eigenvalue weighted by Gasteiger charge is -2.02. The van der Waals surface area contributed by atoms with Gasteiger partial charge < -0.3 is 5.11 Å². The molecule has 0 aliphatic carbocycles. The summed E-state index contributed by atoms with van der Waals surface area (Å²) in [6.07, 6.45) is 1.29. The van der Waals surface area contributed by atoms with E-state index in [9.17, 15) is 4.79 Å². The molecule has 1 atom stereocenters. The molecule has 0 aromatic carbocycles. The molecule has 0 aromatic heterocycles. The van der Waals surface area contributed by atoms with Gasteiger partial charge in [-0.2, -0.15) is 5.26 Å². The lowest BCUT2D eigenvalue weighted by molar-refractivity contribution is -0.136. The standard InChI is InChI=1S/C7H11NO2S/c1-6(7(9)10)11-5-3-2-4-8/h6H,2-3,5H2,1H3,(H,9,10). The topological polar surface area (TPSA) is 61.1 Å². The first-order chi connectivity index (χ1) is 5.18. The number of hydrogen-bond donors (Lipinski definition) is 1. The highest BCUT2D eigenvalue weighted by atomic mass is 32.2. The molecule has 0 spiro atoms. The highest BCUT2D eigenvalue weighted by Gasteiger charge is 2.09. The Kier molecular flexibility index (Phi) is 5.67. The molecule has 0 saturated carbocycles. The Balaban J connectivity index is 3.26. The summed E-state index contributed by atoms with van der Waals surface area (Å²) in [4.78, 5) is 10.3. The van der Waals surface area contributed by atoms with Crippen LogP contribution in [-0.2, 0) is 4.79 Å². The monoisotopic (exact) mass is 173 g/mol. The molecule has 0 bridgehead atoms. The van der Waals surface area contributed by atoms with E-state index in [2.05, 4.69) is 0 Å². The maximum Gasteiger partial charge on any atom is 0.316 e. The molecular formula is C7H11NO2S. The molecule has 4 heteroatoms. The molecule has 0 radical (unpaired) electrons. The number of carbonyl (C=O) groups is 1. The Morgan fingerprint density at radius 2 is 2.45 bits per heavy atom. The van der Waals surface area contributed by atoms with Crippen LogP contribution in [0.4, 0.5) is 0 Å². The SMILES string of the molecule is CC(SCCCC#N)C(=O)O. The van der Waals surface area contributed by atoms with Gasteiger partial charge >= 0.3 is 5.97 Å². The molecule has 0 rings (SSSR count). The number of thioether (sulfide) groups is 1. The van der Waals surface area contributed by atoms with Crippen LogP contribution in [-0.4, -0.2) is 22.1 Å². The number of aliphatic carboxylic acids is 1. The molecule has 1 N–H and O–H groups in total. The zero-order valence-electron chi connectivity index (χ0n) is 6.41. The van der Waals surface area contributed by atoms with E-state index in [1.807, 2.05) is 6.07 Å². The van der Waals surface area contributed by atoms with Gasteiger partial charge in [0, 0.05) is 6.42 Å². The Morgan fingerprint density at radius 3 is 2.91 bits per heavy atom. The smallest absolute Gasteiger partial charge is 0.316 e.